The van der Waals surface area contributed by atoms with Gasteiger partial charge in [0.05, 0.1) is 5.69 Å². The van der Waals surface area contributed by atoms with Crippen LogP contribution in [0.25, 0.3) is 49.7 Å². The molecule has 0 saturated heterocycles. The number of nitrogens with zero attached hydrogens (tertiary/aromatic N) is 2. The highest BCUT2D eigenvalue weighted by atomic mass is 16.3. The topological polar surface area (TPSA) is 21.3 Å². The van der Waals surface area contributed by atoms with Gasteiger partial charge in [0.1, 0.15) is 5.58 Å². The molecule has 53 heavy (non-hydrogen) atoms. The largest absolute Gasteiger partial charge is 0.454 e. The number of fused-ring (bicyclic) bond motifs is 12. The molecule has 4 heteroatoms. The first-order valence-corrected chi connectivity index (χ1v) is 19.2. The van der Waals surface area contributed by atoms with Crippen molar-refractivity contribution < 1.29 is 4.42 Å². The Labute approximate surface area is 311 Å². The van der Waals surface area contributed by atoms with E-state index in [4.69, 9.17) is 4.42 Å². The maximum atomic E-state index is 6.83. The van der Waals surface area contributed by atoms with Crippen LogP contribution in [0, 0.1) is 0 Å². The van der Waals surface area contributed by atoms with Gasteiger partial charge in [0, 0.05) is 55.4 Å². The Balaban J connectivity index is 1.33. The number of anilines is 3. The molecule has 11 rings (SSSR count). The lowest BCUT2D eigenvalue weighted by Gasteiger charge is -2.42. The van der Waals surface area contributed by atoms with Crippen molar-refractivity contribution in [1.29, 1.82) is 0 Å². The van der Waals surface area contributed by atoms with Crippen molar-refractivity contribution in [3.63, 3.8) is 0 Å². The van der Waals surface area contributed by atoms with Gasteiger partial charge < -0.3 is 13.9 Å². The molecular formula is C49H43BN2O. The third-order valence-corrected chi connectivity index (χ3v) is 12.6. The average Bonchev–Trinajstić information content (AvgIpc) is 3.76. The summed E-state index contributed by atoms with van der Waals surface area (Å²) >= 11 is 0. The van der Waals surface area contributed by atoms with Gasteiger partial charge in [-0.2, -0.15) is 0 Å². The second-order valence-corrected chi connectivity index (χ2v) is 18.2. The molecule has 0 saturated carbocycles. The molecule has 0 unspecified atom stereocenters. The third-order valence-electron chi connectivity index (χ3n) is 12.6. The summed E-state index contributed by atoms with van der Waals surface area (Å²) in [6, 6.07) is 43.6. The van der Waals surface area contributed by atoms with Crippen molar-refractivity contribution in [1.82, 2.24) is 4.57 Å². The summed E-state index contributed by atoms with van der Waals surface area (Å²) in [6.45, 7) is 18.9. The van der Waals surface area contributed by atoms with Crippen molar-refractivity contribution in [3.05, 3.63) is 138 Å². The lowest BCUT2D eigenvalue weighted by molar-refractivity contribution is 0.589. The predicted molar refractivity (Wildman–Crippen MR) is 225 cm³/mol. The molecule has 0 amide bonds. The van der Waals surface area contributed by atoms with Crippen LogP contribution in [0.1, 0.15) is 77.8 Å². The summed E-state index contributed by atoms with van der Waals surface area (Å²) in [4.78, 5) is 2.55. The molecule has 3 nitrogen and oxygen atoms in total. The fourth-order valence-electron chi connectivity index (χ4n) is 10.0. The molecule has 0 bridgehead atoms. The lowest BCUT2D eigenvalue weighted by Crippen LogP contribution is -2.60. The number of hydrogen-bond donors (Lipinski definition) is 0. The highest BCUT2D eigenvalue weighted by molar-refractivity contribution is 7.00. The summed E-state index contributed by atoms with van der Waals surface area (Å²) in [7, 11) is 0. The summed E-state index contributed by atoms with van der Waals surface area (Å²) in [5.41, 5.74) is 20.1. The van der Waals surface area contributed by atoms with Gasteiger partial charge in [-0.3, -0.25) is 0 Å². The predicted octanol–water partition coefficient (Wildman–Crippen LogP) is 11.0. The van der Waals surface area contributed by atoms with E-state index in [1.54, 1.807) is 0 Å². The average molecular weight is 687 g/mol. The Morgan fingerprint density at radius 1 is 0.585 bits per heavy atom. The Hall–Kier alpha value is -5.48. The van der Waals surface area contributed by atoms with E-state index in [1.807, 2.05) is 0 Å². The van der Waals surface area contributed by atoms with E-state index in [-0.39, 0.29) is 23.0 Å². The molecule has 1 aliphatic carbocycles. The maximum absolute atomic E-state index is 6.83. The minimum absolute atomic E-state index is 0.0220. The second-order valence-electron chi connectivity index (χ2n) is 18.2. The molecule has 0 spiro atoms. The number of benzene rings is 6. The molecule has 8 aromatic rings. The molecule has 258 valence electrons. The first-order valence-electron chi connectivity index (χ1n) is 19.2. The van der Waals surface area contributed by atoms with Crippen LogP contribution in [0.3, 0.4) is 0 Å². The summed E-state index contributed by atoms with van der Waals surface area (Å²) < 4.78 is 9.51. The van der Waals surface area contributed by atoms with Crippen LogP contribution in [0.5, 0.6) is 0 Å². The monoisotopic (exact) mass is 686 g/mol. The summed E-state index contributed by atoms with van der Waals surface area (Å²) in [6.07, 6.45) is 0. The summed E-state index contributed by atoms with van der Waals surface area (Å²) in [5.74, 6) is 0. The Morgan fingerprint density at radius 2 is 1.26 bits per heavy atom. The van der Waals surface area contributed by atoms with Crippen molar-refractivity contribution in [2.75, 3.05) is 4.90 Å². The van der Waals surface area contributed by atoms with Gasteiger partial charge in [-0.1, -0.05) is 140 Å². The quantitative estimate of drug-likeness (QED) is 0.160. The van der Waals surface area contributed by atoms with Crippen LogP contribution in [0.2, 0.25) is 0 Å². The van der Waals surface area contributed by atoms with E-state index in [2.05, 4.69) is 180 Å². The van der Waals surface area contributed by atoms with Gasteiger partial charge in [0.2, 0.25) is 0 Å². The normalized spacial score (nSPS) is 15.2. The van der Waals surface area contributed by atoms with Gasteiger partial charge in [-0.15, -0.1) is 0 Å². The van der Waals surface area contributed by atoms with Crippen LogP contribution in [-0.2, 0) is 16.2 Å². The van der Waals surface area contributed by atoms with Gasteiger partial charge in [-0.05, 0) is 79.8 Å². The molecule has 0 atom stereocenters. The number of para-hydroxylation sites is 3. The van der Waals surface area contributed by atoms with E-state index in [0.717, 1.165) is 27.6 Å². The van der Waals surface area contributed by atoms with Crippen LogP contribution >= 0.6 is 0 Å². The number of hydrogen-bond acceptors (Lipinski definition) is 2. The first-order chi connectivity index (χ1) is 25.3. The van der Waals surface area contributed by atoms with Crippen LogP contribution < -0.4 is 21.3 Å². The molecule has 0 radical (unpaired) electrons. The smallest absolute Gasteiger partial charge is 0.252 e. The molecular weight excluding hydrogens is 643 g/mol. The zero-order valence-corrected chi connectivity index (χ0v) is 31.8. The molecule has 4 heterocycles. The first kappa shape index (κ1) is 31.1. The molecule has 0 fully saturated rings. The SMILES string of the molecule is CC(C)(C)c1ccc2c(c1)N(c1cccc3c1oc1ccccc13)c1cc(C(C)(C)C)cc3c1B2c1cccc2c4c(n-3c12)C(C)(C)c1ccccc1-4. The molecule has 0 N–H and O–H groups in total. The highest BCUT2D eigenvalue weighted by Gasteiger charge is 2.48. The molecule has 2 aromatic heterocycles. The molecule has 2 aliphatic heterocycles. The third kappa shape index (κ3) is 3.91. The van der Waals surface area contributed by atoms with Crippen molar-refractivity contribution in [2.45, 2.75) is 71.6 Å². The fraction of sp³-hybridized carbons (Fsp3) is 0.224. The zero-order chi connectivity index (χ0) is 36.3. The lowest BCUT2D eigenvalue weighted by atomic mass is 9.33. The van der Waals surface area contributed by atoms with E-state index >= 15 is 0 Å². The minimum Gasteiger partial charge on any atom is -0.454 e. The van der Waals surface area contributed by atoms with Crippen molar-refractivity contribution >= 4 is 73.0 Å². The van der Waals surface area contributed by atoms with Crippen LogP contribution in [0.15, 0.2) is 120 Å². The molecule has 6 aromatic carbocycles. The van der Waals surface area contributed by atoms with Gasteiger partial charge >= 0.3 is 0 Å². The number of rotatable bonds is 1. The van der Waals surface area contributed by atoms with E-state index in [1.165, 1.54) is 77.9 Å². The van der Waals surface area contributed by atoms with Crippen LogP contribution in [-0.4, -0.2) is 11.3 Å². The minimum atomic E-state index is -0.173. The standard InChI is InChI=1S/C49H43BN2O/c1-47(2,3)28-23-24-35-38(25-28)51(37-21-14-17-31-30-15-10-12-22-41(30)53-45(31)37)39-26-29(48(4,5)6)27-40-43(39)50(35)36-20-13-18-33-42-32-16-9-11-19-34(32)49(7,8)46(42)52(40)44(33)36/h9-27H,1-8H3. The van der Waals surface area contributed by atoms with Crippen LogP contribution in [0.4, 0.5) is 17.1 Å². The van der Waals surface area contributed by atoms with Gasteiger partial charge in [0.25, 0.3) is 6.71 Å². The highest BCUT2D eigenvalue weighted by Crippen LogP contribution is 2.55. The molecule has 3 aliphatic rings. The van der Waals surface area contributed by atoms with E-state index in [9.17, 15) is 0 Å². The van der Waals surface area contributed by atoms with Gasteiger partial charge in [-0.25, -0.2) is 0 Å². The Kier molecular flexibility index (Phi) is 5.83. The van der Waals surface area contributed by atoms with Crippen molar-refractivity contribution in [3.8, 4) is 16.8 Å². The Morgan fingerprint density at radius 3 is 2.08 bits per heavy atom. The Bertz CT molecular complexity index is 2910. The fourth-order valence-corrected chi connectivity index (χ4v) is 10.0. The second kappa shape index (κ2) is 9.93. The van der Waals surface area contributed by atoms with E-state index in [0.29, 0.717) is 0 Å². The van der Waals surface area contributed by atoms with E-state index < -0.39 is 0 Å². The number of aromatic nitrogens is 1. The maximum Gasteiger partial charge on any atom is 0.252 e. The van der Waals surface area contributed by atoms with Crippen molar-refractivity contribution in [2.24, 2.45) is 0 Å². The number of furan rings is 1. The zero-order valence-electron chi connectivity index (χ0n) is 31.8. The summed E-state index contributed by atoms with van der Waals surface area (Å²) in [5, 5.41) is 3.64. The van der Waals surface area contributed by atoms with Gasteiger partial charge in [0.15, 0.2) is 5.58 Å².